The van der Waals surface area contributed by atoms with E-state index in [1.165, 1.54) is 12.1 Å². The van der Waals surface area contributed by atoms with Crippen molar-refractivity contribution in [2.24, 2.45) is 5.92 Å². The molecule has 1 aliphatic heterocycles. The average molecular weight is 588 g/mol. The lowest BCUT2D eigenvalue weighted by atomic mass is 9.86. The summed E-state index contributed by atoms with van der Waals surface area (Å²) in [6.07, 6.45) is 4.45. The second kappa shape index (κ2) is 11.7. The van der Waals surface area contributed by atoms with E-state index in [0.29, 0.717) is 29.0 Å². The molecule has 4 rings (SSSR count). The maximum Gasteiger partial charge on any atom is 0.267 e. The number of benzene rings is 2. The molecule has 0 unspecified atom stereocenters. The van der Waals surface area contributed by atoms with E-state index in [0.717, 1.165) is 56.2 Å². The summed E-state index contributed by atoms with van der Waals surface area (Å²) in [6, 6.07) is 8.20. The van der Waals surface area contributed by atoms with Gasteiger partial charge >= 0.3 is 0 Å². The van der Waals surface area contributed by atoms with Gasteiger partial charge in [0.25, 0.3) is 5.91 Å². The number of rotatable bonds is 10. The molecule has 0 bridgehead atoms. The molecule has 1 N–H and O–H groups in total. The molecule has 1 saturated heterocycles. The fourth-order valence-electron chi connectivity index (χ4n) is 5.11. The summed E-state index contributed by atoms with van der Waals surface area (Å²) in [4.78, 5) is 14.7. The van der Waals surface area contributed by atoms with Crippen molar-refractivity contribution in [1.29, 1.82) is 0 Å². The first-order chi connectivity index (χ1) is 17.9. The Morgan fingerprint density at radius 2 is 1.74 bits per heavy atom. The Morgan fingerprint density at radius 1 is 1.11 bits per heavy atom. The van der Waals surface area contributed by atoms with Gasteiger partial charge in [-0.15, -0.1) is 0 Å². The molecule has 2 aliphatic rings. The largest absolute Gasteiger partial charge is 0.493 e. The highest BCUT2D eigenvalue weighted by Crippen LogP contribution is 2.45. The third-order valence-corrected chi connectivity index (χ3v) is 8.33. The van der Waals surface area contributed by atoms with E-state index >= 15 is 0 Å². The van der Waals surface area contributed by atoms with E-state index in [4.69, 9.17) is 32.7 Å². The first kappa shape index (κ1) is 29.1. The Hall–Kier alpha value is -1.91. The molecule has 208 valence electrons. The van der Waals surface area contributed by atoms with Crippen molar-refractivity contribution >= 4 is 39.1 Å². The Kier molecular flexibility index (Phi) is 8.94. The Bertz CT molecular complexity index is 1280. The molecule has 0 spiro atoms. The first-order valence-electron chi connectivity index (χ1n) is 12.6. The molecule has 1 aliphatic carbocycles. The minimum absolute atomic E-state index is 0.177. The minimum atomic E-state index is -3.80. The van der Waals surface area contributed by atoms with Crippen LogP contribution in [0.25, 0.3) is 0 Å². The van der Waals surface area contributed by atoms with Crippen LogP contribution < -0.4 is 9.46 Å². The van der Waals surface area contributed by atoms with Crippen LogP contribution in [-0.2, 0) is 20.3 Å². The van der Waals surface area contributed by atoms with Gasteiger partial charge in [-0.1, -0.05) is 23.2 Å². The molecule has 1 amide bonds. The smallest absolute Gasteiger partial charge is 0.267 e. The van der Waals surface area contributed by atoms with Crippen LogP contribution in [0.3, 0.4) is 0 Å². The number of carbonyl (C=O) groups is 1. The van der Waals surface area contributed by atoms with Crippen LogP contribution in [0.5, 0.6) is 5.75 Å². The van der Waals surface area contributed by atoms with Crippen molar-refractivity contribution in [1.82, 2.24) is 9.62 Å². The SMILES string of the molecule is COC[C@@](C)(c1cc(Cl)cc(Cl)c1)N1CCC(COc2cc(F)c(C(=O)NS(C)(=O)=O)cc2C2CC2)CC1. The molecular weight excluding hydrogens is 554 g/mol. The zero-order valence-electron chi connectivity index (χ0n) is 21.7. The lowest BCUT2D eigenvalue weighted by Gasteiger charge is -2.45. The fraction of sp³-hybridized carbons (Fsp3) is 0.519. The number of halogens is 3. The van der Waals surface area contributed by atoms with Crippen LogP contribution in [0.1, 0.15) is 60.0 Å². The summed E-state index contributed by atoms with van der Waals surface area (Å²) < 4.78 is 51.2. The van der Waals surface area contributed by atoms with E-state index in [1.807, 2.05) is 16.9 Å². The van der Waals surface area contributed by atoms with Crippen LogP contribution in [0.15, 0.2) is 30.3 Å². The Morgan fingerprint density at radius 3 is 2.29 bits per heavy atom. The molecular formula is C27H33Cl2FN2O5S. The molecule has 38 heavy (non-hydrogen) atoms. The van der Waals surface area contributed by atoms with Crippen molar-refractivity contribution in [2.45, 2.75) is 44.1 Å². The van der Waals surface area contributed by atoms with Gasteiger partial charge in [0.2, 0.25) is 10.0 Å². The summed E-state index contributed by atoms with van der Waals surface area (Å²) in [5.41, 5.74) is 1.04. The van der Waals surface area contributed by atoms with E-state index in [1.54, 1.807) is 13.2 Å². The van der Waals surface area contributed by atoms with Crippen molar-refractivity contribution < 1.29 is 27.1 Å². The van der Waals surface area contributed by atoms with E-state index in [-0.39, 0.29) is 17.4 Å². The number of likely N-dealkylation sites (tertiary alicyclic amines) is 1. The summed E-state index contributed by atoms with van der Waals surface area (Å²) in [7, 11) is -2.13. The highest BCUT2D eigenvalue weighted by molar-refractivity contribution is 7.89. The Labute approximate surface area is 233 Å². The highest BCUT2D eigenvalue weighted by atomic mass is 35.5. The van der Waals surface area contributed by atoms with Crippen LogP contribution in [-0.4, -0.2) is 58.9 Å². The predicted molar refractivity (Wildman–Crippen MR) is 146 cm³/mol. The normalized spacial score (nSPS) is 18.7. The number of carbonyl (C=O) groups excluding carboxylic acids is 1. The third kappa shape index (κ3) is 6.99. The number of hydrogen-bond donors (Lipinski definition) is 1. The van der Waals surface area contributed by atoms with Crippen molar-refractivity contribution in [3.05, 3.63) is 62.9 Å². The van der Waals surface area contributed by atoms with Crippen LogP contribution in [0.2, 0.25) is 10.0 Å². The molecule has 1 heterocycles. The molecule has 2 fully saturated rings. The van der Waals surface area contributed by atoms with E-state index in [2.05, 4.69) is 11.8 Å². The molecule has 11 heteroatoms. The van der Waals surface area contributed by atoms with Gasteiger partial charge in [0.05, 0.1) is 30.6 Å². The van der Waals surface area contributed by atoms with Crippen LogP contribution >= 0.6 is 23.2 Å². The number of sulfonamides is 1. The van der Waals surface area contributed by atoms with Crippen LogP contribution in [0.4, 0.5) is 4.39 Å². The zero-order chi connectivity index (χ0) is 27.7. The summed E-state index contributed by atoms with van der Waals surface area (Å²) in [5.74, 6) is -0.927. The predicted octanol–water partition coefficient (Wildman–Crippen LogP) is 5.35. The monoisotopic (exact) mass is 586 g/mol. The van der Waals surface area contributed by atoms with Gasteiger partial charge < -0.3 is 9.47 Å². The number of piperidine rings is 1. The van der Waals surface area contributed by atoms with Gasteiger partial charge in [-0.2, -0.15) is 0 Å². The second-order valence-corrected chi connectivity index (χ2v) is 13.1. The topological polar surface area (TPSA) is 84.9 Å². The molecule has 7 nitrogen and oxygen atoms in total. The lowest BCUT2D eigenvalue weighted by molar-refractivity contribution is -0.00666. The van der Waals surface area contributed by atoms with E-state index in [9.17, 15) is 17.6 Å². The Balaban J connectivity index is 1.43. The van der Waals surface area contributed by atoms with Gasteiger partial charge in [0, 0.05) is 23.2 Å². The highest BCUT2D eigenvalue weighted by Gasteiger charge is 2.37. The van der Waals surface area contributed by atoms with Gasteiger partial charge in [0.15, 0.2) is 0 Å². The van der Waals surface area contributed by atoms with Crippen LogP contribution in [0, 0.1) is 11.7 Å². The van der Waals surface area contributed by atoms with Crippen molar-refractivity contribution in [3.63, 3.8) is 0 Å². The summed E-state index contributed by atoms with van der Waals surface area (Å²) in [5, 5.41) is 1.16. The molecule has 2 aromatic rings. The van der Waals surface area contributed by atoms with Crippen molar-refractivity contribution in [2.75, 3.05) is 39.7 Å². The van der Waals surface area contributed by atoms with Gasteiger partial charge in [-0.3, -0.25) is 9.69 Å². The second-order valence-electron chi connectivity index (χ2n) is 10.5. The number of methoxy groups -OCH3 is 1. The maximum atomic E-state index is 14.8. The molecule has 0 aromatic heterocycles. The maximum absolute atomic E-state index is 14.8. The summed E-state index contributed by atoms with van der Waals surface area (Å²) in [6.45, 7) is 4.65. The molecule has 2 aromatic carbocycles. The summed E-state index contributed by atoms with van der Waals surface area (Å²) >= 11 is 12.6. The average Bonchev–Trinajstić information content (AvgIpc) is 3.67. The standard InChI is InChI=1S/C27H33Cl2FN2O5S/c1-27(16-36-2,19-10-20(28)12-21(29)11-19)32-8-6-17(7-9-32)15-37-25-14-24(30)23(13-22(25)18-4-5-18)26(33)31-38(3,34)35/h10-14,17-18H,4-9,15-16H2,1-3H3,(H,31,33)/t27-/m0/s1. The lowest BCUT2D eigenvalue weighted by Crippen LogP contribution is -2.51. The van der Waals surface area contributed by atoms with Crippen molar-refractivity contribution in [3.8, 4) is 5.75 Å². The quantitative estimate of drug-likeness (QED) is 0.404. The number of nitrogens with zero attached hydrogens (tertiary/aromatic N) is 1. The number of ether oxygens (including phenoxy) is 2. The van der Waals surface area contributed by atoms with Gasteiger partial charge in [-0.25, -0.2) is 17.5 Å². The van der Waals surface area contributed by atoms with E-state index < -0.39 is 27.3 Å². The third-order valence-electron chi connectivity index (χ3n) is 7.34. The van der Waals surface area contributed by atoms with Gasteiger partial charge in [-0.05, 0) is 92.9 Å². The fourth-order valence-corrected chi connectivity index (χ4v) is 6.08. The molecule has 1 atom stereocenters. The number of nitrogens with one attached hydrogen (secondary N) is 1. The zero-order valence-corrected chi connectivity index (χ0v) is 24.1. The minimum Gasteiger partial charge on any atom is -0.493 e. The molecule has 1 saturated carbocycles. The molecule has 0 radical (unpaired) electrons. The first-order valence-corrected chi connectivity index (χ1v) is 15.2. The van der Waals surface area contributed by atoms with Gasteiger partial charge in [0.1, 0.15) is 11.6 Å². The number of hydrogen-bond acceptors (Lipinski definition) is 6. The number of amides is 1.